The molecule has 1 saturated heterocycles. The standard InChI is InChI=1S/C17H21N3O.2ClH/c1-12-10-15(14-4-2-3-5-16(14)19-12)17(21)20-8-6-13(11-18)7-9-20;;/h2-5,10,13H,6-9,11,18H2,1H3;2*1H. The summed E-state index contributed by atoms with van der Waals surface area (Å²) in [4.78, 5) is 19.3. The number of nitrogens with two attached hydrogens (primary N) is 1. The number of likely N-dealkylation sites (tertiary alicyclic amines) is 1. The lowest BCUT2D eigenvalue weighted by atomic mass is 9.96. The number of nitrogens with zero attached hydrogens (tertiary/aromatic N) is 2. The molecule has 1 fully saturated rings. The van der Waals surface area contributed by atoms with E-state index < -0.39 is 0 Å². The van der Waals surface area contributed by atoms with E-state index in [1.54, 1.807) is 0 Å². The van der Waals surface area contributed by atoms with E-state index in [1.807, 2.05) is 42.2 Å². The van der Waals surface area contributed by atoms with Crippen LogP contribution in [0.25, 0.3) is 10.9 Å². The zero-order valence-electron chi connectivity index (χ0n) is 13.2. The van der Waals surface area contributed by atoms with Crippen LogP contribution in [-0.4, -0.2) is 35.4 Å². The van der Waals surface area contributed by atoms with Crippen LogP contribution in [0.5, 0.6) is 0 Å². The lowest BCUT2D eigenvalue weighted by molar-refractivity contribution is 0.0695. The lowest BCUT2D eigenvalue weighted by Crippen LogP contribution is -2.40. The molecule has 0 saturated carbocycles. The third-order valence-corrected chi connectivity index (χ3v) is 4.31. The second-order valence-electron chi connectivity index (χ2n) is 5.80. The molecule has 0 radical (unpaired) electrons. The summed E-state index contributed by atoms with van der Waals surface area (Å²) in [5.74, 6) is 0.678. The predicted octanol–water partition coefficient (Wildman–Crippen LogP) is 3.20. The maximum Gasteiger partial charge on any atom is 0.254 e. The molecule has 1 aliphatic rings. The highest BCUT2D eigenvalue weighted by Gasteiger charge is 2.24. The minimum absolute atomic E-state index is 0. The van der Waals surface area contributed by atoms with E-state index in [1.165, 1.54) is 0 Å². The fraction of sp³-hybridized carbons (Fsp3) is 0.412. The van der Waals surface area contributed by atoms with Gasteiger partial charge >= 0.3 is 0 Å². The van der Waals surface area contributed by atoms with Gasteiger partial charge in [0.25, 0.3) is 5.91 Å². The molecule has 0 spiro atoms. The van der Waals surface area contributed by atoms with E-state index in [-0.39, 0.29) is 30.7 Å². The van der Waals surface area contributed by atoms with Gasteiger partial charge in [-0.05, 0) is 44.4 Å². The molecule has 1 amide bonds. The molecule has 126 valence electrons. The molecule has 3 rings (SSSR count). The Morgan fingerprint density at radius 1 is 1.26 bits per heavy atom. The Labute approximate surface area is 149 Å². The predicted molar refractivity (Wildman–Crippen MR) is 98.7 cm³/mol. The Morgan fingerprint density at radius 3 is 2.57 bits per heavy atom. The third-order valence-electron chi connectivity index (χ3n) is 4.31. The average molecular weight is 356 g/mol. The van der Waals surface area contributed by atoms with Crippen molar-refractivity contribution in [2.75, 3.05) is 19.6 Å². The van der Waals surface area contributed by atoms with Gasteiger partial charge in [-0.25, -0.2) is 0 Å². The SMILES string of the molecule is Cc1cc(C(=O)N2CCC(CN)CC2)c2ccccc2n1.Cl.Cl. The number of aromatic nitrogens is 1. The van der Waals surface area contributed by atoms with Gasteiger partial charge in [0.2, 0.25) is 0 Å². The monoisotopic (exact) mass is 355 g/mol. The molecule has 1 aromatic heterocycles. The summed E-state index contributed by atoms with van der Waals surface area (Å²) in [5, 5.41) is 0.939. The first-order valence-electron chi connectivity index (χ1n) is 7.55. The largest absolute Gasteiger partial charge is 0.339 e. The van der Waals surface area contributed by atoms with Crippen LogP contribution in [-0.2, 0) is 0 Å². The van der Waals surface area contributed by atoms with Crippen LogP contribution in [0.1, 0.15) is 28.9 Å². The van der Waals surface area contributed by atoms with Gasteiger partial charge in [0, 0.05) is 24.2 Å². The van der Waals surface area contributed by atoms with E-state index in [0.717, 1.165) is 54.6 Å². The first kappa shape index (κ1) is 19.7. The number of rotatable bonds is 2. The van der Waals surface area contributed by atoms with Crippen LogP contribution in [0.2, 0.25) is 0 Å². The number of benzene rings is 1. The summed E-state index contributed by atoms with van der Waals surface area (Å²) in [5.41, 5.74) is 8.26. The highest BCUT2D eigenvalue weighted by Crippen LogP contribution is 2.23. The Balaban J connectivity index is 0.00000132. The van der Waals surface area contributed by atoms with Crippen LogP contribution < -0.4 is 5.73 Å². The summed E-state index contributed by atoms with van der Waals surface area (Å²) in [6.07, 6.45) is 2.01. The van der Waals surface area contributed by atoms with Gasteiger partial charge in [0.05, 0.1) is 11.1 Å². The fourth-order valence-electron chi connectivity index (χ4n) is 3.03. The highest BCUT2D eigenvalue weighted by atomic mass is 35.5. The van der Waals surface area contributed by atoms with Crippen LogP contribution >= 0.6 is 24.8 Å². The smallest absolute Gasteiger partial charge is 0.254 e. The number of pyridine rings is 1. The van der Waals surface area contributed by atoms with Crippen molar-refractivity contribution in [2.24, 2.45) is 11.7 Å². The Kier molecular flexibility index (Phi) is 7.26. The van der Waals surface area contributed by atoms with Crippen LogP contribution in [0, 0.1) is 12.8 Å². The Bertz CT molecular complexity index is 670. The molecule has 0 unspecified atom stereocenters. The minimum atomic E-state index is 0. The molecular weight excluding hydrogens is 333 g/mol. The summed E-state index contributed by atoms with van der Waals surface area (Å²) in [7, 11) is 0. The number of piperidine rings is 1. The Morgan fingerprint density at radius 2 is 1.91 bits per heavy atom. The first-order valence-corrected chi connectivity index (χ1v) is 7.55. The number of amides is 1. The van der Waals surface area contributed by atoms with Gasteiger partial charge in [-0.1, -0.05) is 18.2 Å². The summed E-state index contributed by atoms with van der Waals surface area (Å²) in [6.45, 7) is 4.26. The molecule has 2 N–H and O–H groups in total. The van der Waals surface area contributed by atoms with Gasteiger partial charge in [-0.15, -0.1) is 24.8 Å². The molecule has 0 bridgehead atoms. The molecule has 0 atom stereocenters. The number of carbonyl (C=O) groups excluding carboxylic acids is 1. The summed E-state index contributed by atoms with van der Waals surface area (Å²) >= 11 is 0. The molecule has 2 heterocycles. The average Bonchev–Trinajstić information content (AvgIpc) is 2.53. The summed E-state index contributed by atoms with van der Waals surface area (Å²) in [6, 6.07) is 9.74. The molecule has 4 nitrogen and oxygen atoms in total. The van der Waals surface area contributed by atoms with Crippen LogP contribution in [0.4, 0.5) is 0 Å². The van der Waals surface area contributed by atoms with Crippen molar-refractivity contribution < 1.29 is 4.79 Å². The molecular formula is C17H23Cl2N3O. The third kappa shape index (κ3) is 4.14. The molecule has 0 aliphatic carbocycles. The maximum atomic E-state index is 12.8. The minimum Gasteiger partial charge on any atom is -0.339 e. The first-order chi connectivity index (χ1) is 10.2. The fourth-order valence-corrected chi connectivity index (χ4v) is 3.03. The van der Waals surface area contributed by atoms with Crippen LogP contribution in [0.15, 0.2) is 30.3 Å². The normalized spacial score (nSPS) is 15.0. The number of hydrogen-bond acceptors (Lipinski definition) is 3. The molecule has 1 aliphatic heterocycles. The van der Waals surface area contributed by atoms with Crippen molar-refractivity contribution in [1.82, 2.24) is 9.88 Å². The van der Waals surface area contributed by atoms with Gasteiger partial charge in [-0.2, -0.15) is 0 Å². The van der Waals surface area contributed by atoms with E-state index in [4.69, 9.17) is 5.73 Å². The van der Waals surface area contributed by atoms with E-state index in [2.05, 4.69) is 4.98 Å². The maximum absolute atomic E-state index is 12.8. The lowest BCUT2D eigenvalue weighted by Gasteiger charge is -2.31. The van der Waals surface area contributed by atoms with Gasteiger partial charge in [0.15, 0.2) is 0 Å². The second kappa shape index (κ2) is 8.48. The Hall–Kier alpha value is -1.36. The van der Waals surface area contributed by atoms with Gasteiger partial charge in [-0.3, -0.25) is 9.78 Å². The number of halogens is 2. The van der Waals surface area contributed by atoms with E-state index in [9.17, 15) is 4.79 Å². The van der Waals surface area contributed by atoms with E-state index >= 15 is 0 Å². The zero-order valence-corrected chi connectivity index (χ0v) is 14.8. The zero-order chi connectivity index (χ0) is 14.8. The highest BCUT2D eigenvalue weighted by molar-refractivity contribution is 6.06. The van der Waals surface area contributed by atoms with Crippen LogP contribution in [0.3, 0.4) is 0 Å². The number of aryl methyl sites for hydroxylation is 1. The van der Waals surface area contributed by atoms with Crippen molar-refractivity contribution in [3.8, 4) is 0 Å². The van der Waals surface area contributed by atoms with Crippen molar-refractivity contribution in [1.29, 1.82) is 0 Å². The van der Waals surface area contributed by atoms with Gasteiger partial charge < -0.3 is 10.6 Å². The number of hydrogen-bond donors (Lipinski definition) is 1. The summed E-state index contributed by atoms with van der Waals surface area (Å²) < 4.78 is 0. The van der Waals surface area contributed by atoms with Crippen molar-refractivity contribution in [3.05, 3.63) is 41.6 Å². The van der Waals surface area contributed by atoms with Crippen molar-refractivity contribution in [3.63, 3.8) is 0 Å². The van der Waals surface area contributed by atoms with E-state index in [0.29, 0.717) is 5.92 Å². The molecule has 6 heteroatoms. The molecule has 2 aromatic rings. The van der Waals surface area contributed by atoms with Gasteiger partial charge in [0.1, 0.15) is 0 Å². The topological polar surface area (TPSA) is 59.2 Å². The molecule has 1 aromatic carbocycles. The van der Waals surface area contributed by atoms with Crippen molar-refractivity contribution in [2.45, 2.75) is 19.8 Å². The number of fused-ring (bicyclic) bond motifs is 1. The number of carbonyl (C=O) groups is 1. The second-order valence-corrected chi connectivity index (χ2v) is 5.80. The van der Waals surface area contributed by atoms with Crippen molar-refractivity contribution >= 4 is 41.6 Å². The quantitative estimate of drug-likeness (QED) is 0.899. The molecule has 23 heavy (non-hydrogen) atoms. The number of para-hydroxylation sites is 1.